The van der Waals surface area contributed by atoms with Crippen LogP contribution in [0.2, 0.25) is 0 Å². The van der Waals surface area contributed by atoms with Gasteiger partial charge in [-0.1, -0.05) is 0 Å². The average Bonchev–Trinajstić information content (AvgIpc) is 2.25. The Hall–Kier alpha value is -0.160. The second-order valence-corrected chi connectivity index (χ2v) is 12.6. The highest BCUT2D eigenvalue weighted by Crippen LogP contribution is 2.66. The molecule has 0 aromatic rings. The molecule has 4 heteroatoms. The Kier molecular flexibility index (Phi) is 5.36. The first-order chi connectivity index (χ1) is 12.5. The summed E-state index contributed by atoms with van der Waals surface area (Å²) in [7, 11) is 0. The summed E-state index contributed by atoms with van der Waals surface area (Å²) in [6, 6.07) is 0. The van der Waals surface area contributed by atoms with Crippen LogP contribution in [0, 0.1) is 0 Å². The third-order valence-corrected chi connectivity index (χ3v) is 5.88. The zero-order chi connectivity index (χ0) is 21.2. The van der Waals surface area contributed by atoms with E-state index in [0.717, 1.165) is 38.5 Å². The Balaban J connectivity index is 2.09. The molecule has 0 amide bonds. The molecule has 0 saturated heterocycles. The summed E-state index contributed by atoms with van der Waals surface area (Å²) < 4.78 is 27.1. The van der Waals surface area contributed by atoms with Crippen molar-refractivity contribution in [2.75, 3.05) is 0 Å². The van der Waals surface area contributed by atoms with Crippen molar-refractivity contribution in [2.45, 2.75) is 154 Å². The molecule has 4 aliphatic carbocycles. The zero-order valence-electron chi connectivity index (χ0n) is 20.0. The van der Waals surface area contributed by atoms with Crippen LogP contribution in [-0.2, 0) is 18.9 Å². The van der Waals surface area contributed by atoms with Gasteiger partial charge in [0.25, 0.3) is 0 Å². The van der Waals surface area contributed by atoms with Crippen LogP contribution in [0.1, 0.15) is 108 Å². The molecule has 28 heavy (non-hydrogen) atoms. The molecule has 0 aliphatic heterocycles. The quantitative estimate of drug-likeness (QED) is 0.568. The first-order valence-corrected chi connectivity index (χ1v) is 11.2. The van der Waals surface area contributed by atoms with Crippen molar-refractivity contribution >= 4 is 0 Å². The molecule has 4 fully saturated rings. The van der Waals surface area contributed by atoms with Gasteiger partial charge in [-0.25, -0.2) is 0 Å². The van der Waals surface area contributed by atoms with E-state index in [-0.39, 0.29) is 45.8 Å². The lowest BCUT2D eigenvalue weighted by Crippen LogP contribution is -2.75. The fourth-order valence-corrected chi connectivity index (χ4v) is 7.04. The molecule has 0 atom stereocenters. The van der Waals surface area contributed by atoms with Crippen LogP contribution < -0.4 is 0 Å². The van der Waals surface area contributed by atoms with Crippen molar-refractivity contribution in [1.82, 2.24) is 0 Å². The van der Waals surface area contributed by atoms with Crippen LogP contribution >= 0.6 is 0 Å². The number of rotatable bonds is 6. The monoisotopic (exact) mass is 396 g/mol. The normalized spacial score (nSPS) is 40.7. The van der Waals surface area contributed by atoms with E-state index >= 15 is 0 Å². The van der Waals surface area contributed by atoms with Gasteiger partial charge in [-0.15, -0.1) is 0 Å². The van der Waals surface area contributed by atoms with Crippen molar-refractivity contribution in [3.8, 4) is 0 Å². The first kappa shape index (κ1) is 22.5. The van der Waals surface area contributed by atoms with Gasteiger partial charge in [0, 0.05) is 38.5 Å². The van der Waals surface area contributed by atoms with E-state index < -0.39 is 0 Å². The minimum atomic E-state index is -0.262. The van der Waals surface area contributed by atoms with Crippen molar-refractivity contribution in [3.63, 3.8) is 0 Å². The van der Waals surface area contributed by atoms with Crippen LogP contribution in [0.3, 0.4) is 0 Å². The van der Waals surface area contributed by atoms with Crippen LogP contribution in [0.15, 0.2) is 0 Å². The largest absolute Gasteiger partial charge is 0.372 e. The standard InChI is InChI=1S/C24H44O4/c1-17(2)25-21-11-22(26-18(3)4)14-23(12-21,27-19(5,6)7)16-24(13-21,15-22)28-20(8,9)10/h17-18H,11-16H2,1-10H3. The third kappa shape index (κ3) is 4.77. The van der Waals surface area contributed by atoms with Gasteiger partial charge in [-0.3, -0.25) is 0 Å². The number of ether oxygens (including phenoxy) is 4. The predicted molar refractivity (Wildman–Crippen MR) is 113 cm³/mol. The molecule has 4 saturated carbocycles. The van der Waals surface area contributed by atoms with Crippen LogP contribution in [0.4, 0.5) is 0 Å². The van der Waals surface area contributed by atoms with E-state index in [0.29, 0.717) is 0 Å². The van der Waals surface area contributed by atoms with Gasteiger partial charge in [0.05, 0.1) is 45.8 Å². The summed E-state index contributed by atoms with van der Waals surface area (Å²) in [5.41, 5.74) is -1.44. The molecule has 0 heterocycles. The molecule has 4 bridgehead atoms. The van der Waals surface area contributed by atoms with E-state index in [1.54, 1.807) is 0 Å². The molecule has 0 spiro atoms. The fraction of sp³-hybridized carbons (Fsp3) is 1.00. The Labute approximate surface area is 173 Å². The average molecular weight is 397 g/mol. The predicted octanol–water partition coefficient (Wildman–Crippen LogP) is 5.80. The van der Waals surface area contributed by atoms with Gasteiger partial charge in [0.15, 0.2) is 0 Å². The SMILES string of the molecule is CC(C)OC12CC3(OC(C)C)CC(OC(C)(C)C)(C1)CC(OC(C)(C)C)(C2)C3. The highest BCUT2D eigenvalue weighted by molar-refractivity contribution is 5.24. The van der Waals surface area contributed by atoms with Gasteiger partial charge in [-0.05, 0) is 69.2 Å². The summed E-state index contributed by atoms with van der Waals surface area (Å²) in [4.78, 5) is 0. The molecule has 4 rings (SSSR count). The second-order valence-electron chi connectivity index (χ2n) is 12.6. The highest BCUT2D eigenvalue weighted by atomic mass is 16.6. The van der Waals surface area contributed by atoms with E-state index in [9.17, 15) is 0 Å². The molecule has 0 N–H and O–H groups in total. The van der Waals surface area contributed by atoms with Gasteiger partial charge in [0.2, 0.25) is 0 Å². The smallest absolute Gasteiger partial charge is 0.0772 e. The maximum atomic E-state index is 6.85. The summed E-state index contributed by atoms with van der Waals surface area (Å²) >= 11 is 0. The molecule has 0 unspecified atom stereocenters. The molecular weight excluding hydrogens is 352 g/mol. The molecule has 164 valence electrons. The lowest BCUT2D eigenvalue weighted by Gasteiger charge is -2.70. The summed E-state index contributed by atoms with van der Waals surface area (Å²) in [6.45, 7) is 21.5. The topological polar surface area (TPSA) is 36.9 Å². The van der Waals surface area contributed by atoms with Crippen LogP contribution in [0.25, 0.3) is 0 Å². The van der Waals surface area contributed by atoms with E-state index in [1.807, 2.05) is 0 Å². The number of hydrogen-bond donors (Lipinski definition) is 0. The Morgan fingerprint density at radius 3 is 1.00 bits per heavy atom. The minimum Gasteiger partial charge on any atom is -0.372 e. The van der Waals surface area contributed by atoms with Crippen molar-refractivity contribution in [2.24, 2.45) is 0 Å². The van der Waals surface area contributed by atoms with Gasteiger partial charge in [0.1, 0.15) is 0 Å². The van der Waals surface area contributed by atoms with E-state index in [1.165, 1.54) is 0 Å². The van der Waals surface area contributed by atoms with Crippen molar-refractivity contribution in [3.05, 3.63) is 0 Å². The van der Waals surface area contributed by atoms with Crippen LogP contribution in [0.5, 0.6) is 0 Å². The summed E-state index contributed by atoms with van der Waals surface area (Å²) in [6.07, 6.45) is 5.97. The fourth-order valence-electron chi connectivity index (χ4n) is 7.04. The maximum Gasteiger partial charge on any atom is 0.0772 e. The Morgan fingerprint density at radius 1 is 0.500 bits per heavy atom. The van der Waals surface area contributed by atoms with Gasteiger partial charge < -0.3 is 18.9 Å². The van der Waals surface area contributed by atoms with E-state index in [4.69, 9.17) is 18.9 Å². The van der Waals surface area contributed by atoms with Gasteiger partial charge in [-0.2, -0.15) is 0 Å². The highest BCUT2D eigenvalue weighted by Gasteiger charge is 2.72. The first-order valence-electron chi connectivity index (χ1n) is 11.2. The van der Waals surface area contributed by atoms with Crippen molar-refractivity contribution in [1.29, 1.82) is 0 Å². The van der Waals surface area contributed by atoms with Gasteiger partial charge >= 0.3 is 0 Å². The van der Waals surface area contributed by atoms with Crippen LogP contribution in [-0.4, -0.2) is 45.8 Å². The maximum absolute atomic E-state index is 6.85. The second kappa shape index (κ2) is 6.67. The number of hydrogen-bond acceptors (Lipinski definition) is 4. The Bertz CT molecular complexity index is 516. The van der Waals surface area contributed by atoms with E-state index in [2.05, 4.69) is 69.2 Å². The molecular formula is C24H44O4. The summed E-state index contributed by atoms with van der Waals surface area (Å²) in [5, 5.41) is 0. The lowest BCUT2D eigenvalue weighted by molar-refractivity contribution is -0.362. The molecule has 0 aromatic heterocycles. The molecule has 0 aromatic carbocycles. The third-order valence-electron chi connectivity index (χ3n) is 5.88. The zero-order valence-corrected chi connectivity index (χ0v) is 20.0. The Morgan fingerprint density at radius 2 is 0.750 bits per heavy atom. The molecule has 4 nitrogen and oxygen atoms in total. The minimum absolute atomic E-state index is 0.172. The molecule has 0 radical (unpaired) electrons. The summed E-state index contributed by atoms with van der Waals surface area (Å²) in [5.74, 6) is 0. The molecule has 4 aliphatic rings. The lowest BCUT2D eigenvalue weighted by atomic mass is 9.48. The van der Waals surface area contributed by atoms with Crippen molar-refractivity contribution < 1.29 is 18.9 Å².